The van der Waals surface area contributed by atoms with E-state index in [-0.39, 0.29) is 6.61 Å². The molecule has 0 saturated carbocycles. The number of imidazole rings is 1. The van der Waals surface area contributed by atoms with Crippen molar-refractivity contribution >= 4 is 11.8 Å². The normalized spacial score (nSPS) is 10.8. The summed E-state index contributed by atoms with van der Waals surface area (Å²) in [6.07, 6.45) is 5.80. The third-order valence-corrected chi connectivity index (χ3v) is 3.71. The van der Waals surface area contributed by atoms with Crippen molar-refractivity contribution in [2.45, 2.75) is 19.4 Å². The smallest absolute Gasteiger partial charge is 0.0956 e. The first-order valence-corrected chi connectivity index (χ1v) is 7.95. The number of aromatic nitrogens is 2. The molecular formula is C15H20N2OS. The Morgan fingerprint density at radius 1 is 1.26 bits per heavy atom. The Morgan fingerprint density at radius 3 is 2.74 bits per heavy atom. The predicted molar refractivity (Wildman–Crippen MR) is 81.5 cm³/mol. The van der Waals surface area contributed by atoms with E-state index in [1.807, 2.05) is 36.3 Å². The van der Waals surface area contributed by atoms with E-state index in [2.05, 4.69) is 27.9 Å². The van der Waals surface area contributed by atoms with Crippen molar-refractivity contribution in [3.05, 3.63) is 42.4 Å². The monoisotopic (exact) mass is 276 g/mol. The fraction of sp³-hybridized carbons (Fsp3) is 0.400. The van der Waals surface area contributed by atoms with Crippen molar-refractivity contribution in [2.24, 2.45) is 0 Å². The minimum absolute atomic E-state index is 0.223. The maximum absolute atomic E-state index is 8.98. The van der Waals surface area contributed by atoms with Gasteiger partial charge in [0.25, 0.3) is 0 Å². The maximum Gasteiger partial charge on any atom is 0.0956 e. The third-order valence-electron chi connectivity index (χ3n) is 3.09. The molecule has 1 aromatic carbocycles. The highest BCUT2D eigenvalue weighted by molar-refractivity contribution is 7.98. The van der Waals surface area contributed by atoms with Crippen LogP contribution in [0.1, 0.15) is 12.1 Å². The molecule has 102 valence electrons. The molecule has 1 N–H and O–H groups in total. The Kier molecular flexibility index (Phi) is 5.48. The van der Waals surface area contributed by atoms with Crippen LogP contribution < -0.4 is 0 Å². The van der Waals surface area contributed by atoms with Gasteiger partial charge in [-0.3, -0.25) is 0 Å². The molecule has 0 unspecified atom stereocenters. The molecule has 0 amide bonds. The zero-order valence-corrected chi connectivity index (χ0v) is 12.1. The van der Waals surface area contributed by atoms with Crippen LogP contribution in [0.3, 0.4) is 0 Å². The lowest BCUT2D eigenvalue weighted by Gasteiger charge is -2.09. The van der Waals surface area contributed by atoms with Crippen LogP contribution >= 0.6 is 11.8 Å². The SMILES string of the molecule is CSCCc1c(-c2ccccc2)ncn1CCCO. The van der Waals surface area contributed by atoms with E-state index in [1.54, 1.807) is 0 Å². The summed E-state index contributed by atoms with van der Waals surface area (Å²) >= 11 is 1.85. The van der Waals surface area contributed by atoms with Gasteiger partial charge in [-0.2, -0.15) is 11.8 Å². The molecule has 4 heteroatoms. The summed E-state index contributed by atoms with van der Waals surface area (Å²) in [5.74, 6) is 1.09. The van der Waals surface area contributed by atoms with Crippen molar-refractivity contribution in [2.75, 3.05) is 18.6 Å². The second-order valence-electron chi connectivity index (χ2n) is 4.42. The standard InChI is InChI=1S/C15H20N2OS/c1-19-11-8-14-15(13-6-3-2-4-7-13)16-12-17(14)9-5-10-18/h2-4,6-7,12,18H,5,8-11H2,1H3. The van der Waals surface area contributed by atoms with Crippen molar-refractivity contribution < 1.29 is 5.11 Å². The summed E-state index contributed by atoms with van der Waals surface area (Å²) in [5, 5.41) is 8.98. The van der Waals surface area contributed by atoms with Crippen LogP contribution in [0, 0.1) is 0 Å². The molecule has 19 heavy (non-hydrogen) atoms. The minimum atomic E-state index is 0.223. The van der Waals surface area contributed by atoms with Gasteiger partial charge in [0.05, 0.1) is 12.0 Å². The van der Waals surface area contributed by atoms with Crippen LogP contribution in [-0.2, 0) is 13.0 Å². The Labute approximate surface area is 118 Å². The van der Waals surface area contributed by atoms with Crippen LogP contribution in [0.15, 0.2) is 36.7 Å². The van der Waals surface area contributed by atoms with Gasteiger partial charge in [-0.25, -0.2) is 4.98 Å². The minimum Gasteiger partial charge on any atom is -0.396 e. The van der Waals surface area contributed by atoms with Gasteiger partial charge >= 0.3 is 0 Å². The zero-order chi connectivity index (χ0) is 13.5. The molecule has 0 bridgehead atoms. The molecule has 0 fully saturated rings. The lowest BCUT2D eigenvalue weighted by Crippen LogP contribution is -2.05. The highest BCUT2D eigenvalue weighted by Crippen LogP contribution is 2.23. The lowest BCUT2D eigenvalue weighted by atomic mass is 10.1. The summed E-state index contributed by atoms with van der Waals surface area (Å²) in [6, 6.07) is 10.3. The Bertz CT molecular complexity index is 496. The average Bonchev–Trinajstić information content (AvgIpc) is 2.86. The van der Waals surface area contributed by atoms with E-state index in [0.29, 0.717) is 0 Å². The molecule has 2 rings (SSSR count). The highest BCUT2D eigenvalue weighted by Gasteiger charge is 2.12. The summed E-state index contributed by atoms with van der Waals surface area (Å²) in [4.78, 5) is 4.56. The van der Waals surface area contributed by atoms with E-state index >= 15 is 0 Å². The molecule has 0 radical (unpaired) electrons. The second kappa shape index (κ2) is 7.36. The molecule has 3 nitrogen and oxygen atoms in total. The fourth-order valence-corrected chi connectivity index (χ4v) is 2.54. The van der Waals surface area contributed by atoms with Crippen LogP contribution in [0.5, 0.6) is 0 Å². The van der Waals surface area contributed by atoms with Crippen molar-refractivity contribution in [3.63, 3.8) is 0 Å². The van der Waals surface area contributed by atoms with Gasteiger partial charge in [-0.05, 0) is 24.9 Å². The van der Waals surface area contributed by atoms with Crippen LogP contribution in [-0.4, -0.2) is 33.3 Å². The molecule has 2 aromatic rings. The third kappa shape index (κ3) is 3.61. The molecule has 0 spiro atoms. The van der Waals surface area contributed by atoms with Crippen molar-refractivity contribution in [3.8, 4) is 11.3 Å². The van der Waals surface area contributed by atoms with Gasteiger partial charge in [0.2, 0.25) is 0 Å². The molecule has 0 atom stereocenters. The Morgan fingerprint density at radius 2 is 2.05 bits per heavy atom. The van der Waals surface area contributed by atoms with Crippen molar-refractivity contribution in [1.82, 2.24) is 9.55 Å². The first kappa shape index (κ1) is 14.2. The van der Waals surface area contributed by atoms with Crippen LogP contribution in [0.4, 0.5) is 0 Å². The van der Waals surface area contributed by atoms with Gasteiger partial charge in [-0.1, -0.05) is 30.3 Å². The van der Waals surface area contributed by atoms with Crippen LogP contribution in [0.2, 0.25) is 0 Å². The largest absolute Gasteiger partial charge is 0.396 e. The number of hydrogen-bond donors (Lipinski definition) is 1. The second-order valence-corrected chi connectivity index (χ2v) is 5.40. The van der Waals surface area contributed by atoms with Gasteiger partial charge in [0.15, 0.2) is 0 Å². The van der Waals surface area contributed by atoms with E-state index in [4.69, 9.17) is 5.11 Å². The molecule has 0 aliphatic rings. The number of benzene rings is 1. The first-order chi connectivity index (χ1) is 9.36. The van der Waals surface area contributed by atoms with E-state index in [9.17, 15) is 0 Å². The fourth-order valence-electron chi connectivity index (χ4n) is 2.14. The summed E-state index contributed by atoms with van der Waals surface area (Å²) in [6.45, 7) is 1.06. The molecule has 1 heterocycles. The van der Waals surface area contributed by atoms with E-state index in [1.165, 1.54) is 11.3 Å². The number of hydrogen-bond acceptors (Lipinski definition) is 3. The number of thioether (sulfide) groups is 1. The zero-order valence-electron chi connectivity index (χ0n) is 11.2. The topological polar surface area (TPSA) is 38.0 Å². The van der Waals surface area contributed by atoms with Crippen molar-refractivity contribution in [1.29, 1.82) is 0 Å². The van der Waals surface area contributed by atoms with Crippen LogP contribution in [0.25, 0.3) is 11.3 Å². The Balaban J connectivity index is 2.29. The van der Waals surface area contributed by atoms with E-state index in [0.717, 1.165) is 30.8 Å². The molecule has 0 aliphatic carbocycles. The van der Waals surface area contributed by atoms with Gasteiger partial charge in [-0.15, -0.1) is 0 Å². The van der Waals surface area contributed by atoms with Gasteiger partial charge in [0.1, 0.15) is 0 Å². The number of aliphatic hydroxyl groups is 1. The number of nitrogens with zero attached hydrogens (tertiary/aromatic N) is 2. The lowest BCUT2D eigenvalue weighted by molar-refractivity contribution is 0.279. The average molecular weight is 276 g/mol. The van der Waals surface area contributed by atoms with Gasteiger partial charge in [0, 0.05) is 24.4 Å². The summed E-state index contributed by atoms with van der Waals surface area (Å²) < 4.78 is 2.18. The molecular weight excluding hydrogens is 256 g/mol. The highest BCUT2D eigenvalue weighted by atomic mass is 32.2. The number of rotatable bonds is 7. The summed E-state index contributed by atoms with van der Waals surface area (Å²) in [5.41, 5.74) is 3.52. The number of aryl methyl sites for hydroxylation is 1. The maximum atomic E-state index is 8.98. The number of aliphatic hydroxyl groups excluding tert-OH is 1. The molecule has 0 aliphatic heterocycles. The quantitative estimate of drug-likeness (QED) is 0.845. The van der Waals surface area contributed by atoms with E-state index < -0.39 is 0 Å². The first-order valence-electron chi connectivity index (χ1n) is 6.56. The Hall–Kier alpha value is -1.26. The molecule has 1 aromatic heterocycles. The van der Waals surface area contributed by atoms with Gasteiger partial charge < -0.3 is 9.67 Å². The predicted octanol–water partition coefficient (Wildman–Crippen LogP) is 2.84. The summed E-state index contributed by atoms with van der Waals surface area (Å²) in [7, 11) is 0. The molecule has 0 saturated heterocycles.